The van der Waals surface area contributed by atoms with Crippen LogP contribution in [0.1, 0.15) is 34.9 Å². The van der Waals surface area contributed by atoms with Crippen LogP contribution in [0.3, 0.4) is 0 Å². The van der Waals surface area contributed by atoms with Crippen molar-refractivity contribution in [1.82, 2.24) is 19.7 Å². The topological polar surface area (TPSA) is 119 Å². The second-order valence-corrected chi connectivity index (χ2v) is 7.46. The van der Waals surface area contributed by atoms with E-state index in [0.717, 1.165) is 34.5 Å². The Morgan fingerprint density at radius 2 is 2.04 bits per heavy atom. The van der Waals surface area contributed by atoms with E-state index in [9.17, 15) is 5.26 Å². The summed E-state index contributed by atoms with van der Waals surface area (Å²) in [5, 5.41) is 14.5. The number of hydrogen-bond donors (Lipinski definition) is 2. The summed E-state index contributed by atoms with van der Waals surface area (Å²) in [7, 11) is 1.93. The molecule has 0 aliphatic heterocycles. The van der Waals surface area contributed by atoms with Crippen molar-refractivity contribution in [3.05, 3.63) is 28.4 Å². The van der Waals surface area contributed by atoms with Gasteiger partial charge in [-0.1, -0.05) is 0 Å². The third-order valence-corrected chi connectivity index (χ3v) is 5.25. The van der Waals surface area contributed by atoms with Crippen molar-refractivity contribution in [2.45, 2.75) is 25.7 Å². The molecule has 8 heteroatoms. The number of aryl methyl sites for hydroxylation is 2. The van der Waals surface area contributed by atoms with Crippen molar-refractivity contribution >= 4 is 22.3 Å². The summed E-state index contributed by atoms with van der Waals surface area (Å²) in [4.78, 5) is 9.72. The number of hydrogen-bond acceptors (Lipinski definition) is 7. The molecule has 0 bridgehead atoms. The molecule has 3 aromatic rings. The Morgan fingerprint density at radius 3 is 2.64 bits per heavy atom. The van der Waals surface area contributed by atoms with Crippen LogP contribution in [0, 0.1) is 18.3 Å². The zero-order valence-corrected chi connectivity index (χ0v) is 14.8. The van der Waals surface area contributed by atoms with E-state index >= 15 is 0 Å². The summed E-state index contributed by atoms with van der Waals surface area (Å²) in [6.45, 7) is 1.94. The van der Waals surface area contributed by atoms with Gasteiger partial charge in [-0.2, -0.15) is 10.4 Å². The van der Waals surface area contributed by atoms with Crippen LogP contribution in [-0.4, -0.2) is 19.7 Å². The van der Waals surface area contributed by atoms with Crippen LogP contribution in [-0.2, 0) is 7.05 Å². The minimum absolute atomic E-state index is 0.201. The number of nitrogen functional groups attached to an aromatic ring is 2. The van der Waals surface area contributed by atoms with E-state index in [0.29, 0.717) is 28.0 Å². The standard InChI is InChI=1S/C17H17N7S/c1-8-14(23-17(20)25-8)13-5-10(11(6-18)16(19)22-13)12-7-21-24(2)15(12)9-3-4-9/h5,7,9H,3-4H2,1-2H3,(H2,19,22)(H2,20,23). The van der Waals surface area contributed by atoms with E-state index in [4.69, 9.17) is 11.5 Å². The number of anilines is 2. The van der Waals surface area contributed by atoms with Crippen LogP contribution in [0.2, 0.25) is 0 Å². The average molecular weight is 351 g/mol. The van der Waals surface area contributed by atoms with Crippen molar-refractivity contribution in [3.63, 3.8) is 0 Å². The van der Waals surface area contributed by atoms with E-state index in [1.807, 2.05) is 24.7 Å². The first-order chi connectivity index (χ1) is 12.0. The number of pyridine rings is 1. The number of nitriles is 1. The van der Waals surface area contributed by atoms with Gasteiger partial charge in [0.2, 0.25) is 0 Å². The fourth-order valence-corrected chi connectivity index (χ4v) is 3.86. The maximum Gasteiger partial charge on any atom is 0.180 e. The van der Waals surface area contributed by atoms with Gasteiger partial charge in [0.1, 0.15) is 23.1 Å². The van der Waals surface area contributed by atoms with Gasteiger partial charge in [-0.15, -0.1) is 11.3 Å². The third-order valence-electron chi connectivity index (χ3n) is 4.45. The molecule has 1 saturated carbocycles. The molecular formula is C17H17N7S. The number of nitrogens with zero attached hydrogens (tertiary/aromatic N) is 5. The molecule has 0 amide bonds. The molecule has 25 heavy (non-hydrogen) atoms. The molecule has 1 aliphatic rings. The predicted octanol–water partition coefficient (Wildman–Crippen LogP) is 2.83. The van der Waals surface area contributed by atoms with E-state index in [2.05, 4.69) is 21.1 Å². The van der Waals surface area contributed by atoms with Gasteiger partial charge in [0, 0.05) is 34.7 Å². The maximum absolute atomic E-state index is 9.60. The Labute approximate surface area is 148 Å². The Bertz CT molecular complexity index is 1020. The predicted molar refractivity (Wildman–Crippen MR) is 97.8 cm³/mol. The van der Waals surface area contributed by atoms with Crippen LogP contribution in [0.5, 0.6) is 0 Å². The highest BCUT2D eigenvalue weighted by Gasteiger charge is 2.31. The average Bonchev–Trinajstić information content (AvgIpc) is 3.24. The first-order valence-electron chi connectivity index (χ1n) is 7.95. The second kappa shape index (κ2) is 5.57. The monoisotopic (exact) mass is 351 g/mol. The molecule has 1 aliphatic carbocycles. The molecule has 1 fully saturated rings. The number of nitrogens with two attached hydrogens (primary N) is 2. The minimum Gasteiger partial charge on any atom is -0.383 e. The molecule has 126 valence electrons. The molecular weight excluding hydrogens is 334 g/mol. The van der Waals surface area contributed by atoms with Gasteiger partial charge in [0.05, 0.1) is 11.9 Å². The number of thiazole rings is 1. The van der Waals surface area contributed by atoms with Crippen molar-refractivity contribution in [2.24, 2.45) is 7.05 Å². The van der Waals surface area contributed by atoms with Crippen LogP contribution in [0.4, 0.5) is 10.9 Å². The number of aromatic nitrogens is 4. The first kappa shape index (κ1) is 15.6. The molecule has 3 aromatic heterocycles. The lowest BCUT2D eigenvalue weighted by molar-refractivity contribution is 0.714. The number of rotatable bonds is 3. The molecule has 0 atom stereocenters. The largest absolute Gasteiger partial charge is 0.383 e. The Hall–Kier alpha value is -2.92. The van der Waals surface area contributed by atoms with Crippen molar-refractivity contribution in [1.29, 1.82) is 5.26 Å². The van der Waals surface area contributed by atoms with E-state index < -0.39 is 0 Å². The molecule has 0 aromatic carbocycles. The summed E-state index contributed by atoms with van der Waals surface area (Å²) in [5.41, 5.74) is 16.5. The van der Waals surface area contributed by atoms with Crippen molar-refractivity contribution in [3.8, 4) is 28.6 Å². The summed E-state index contributed by atoms with van der Waals surface area (Å²) in [5.74, 6) is 0.690. The van der Waals surface area contributed by atoms with E-state index in [-0.39, 0.29) is 5.82 Å². The van der Waals surface area contributed by atoms with Gasteiger partial charge in [-0.05, 0) is 25.8 Å². The van der Waals surface area contributed by atoms with Gasteiger partial charge >= 0.3 is 0 Å². The summed E-state index contributed by atoms with van der Waals surface area (Å²) in [6.07, 6.45) is 4.09. The summed E-state index contributed by atoms with van der Waals surface area (Å²) < 4.78 is 1.89. The van der Waals surface area contributed by atoms with Crippen LogP contribution >= 0.6 is 11.3 Å². The van der Waals surface area contributed by atoms with Crippen molar-refractivity contribution < 1.29 is 0 Å². The van der Waals surface area contributed by atoms with Gasteiger partial charge in [-0.3, -0.25) is 4.68 Å². The maximum atomic E-state index is 9.60. The van der Waals surface area contributed by atoms with Crippen molar-refractivity contribution in [2.75, 3.05) is 11.5 Å². The normalized spacial score (nSPS) is 13.8. The molecule has 0 saturated heterocycles. The Kier molecular flexibility index (Phi) is 3.47. The van der Waals surface area contributed by atoms with Crippen LogP contribution in [0.25, 0.3) is 22.5 Å². The van der Waals surface area contributed by atoms with Gasteiger partial charge in [0.25, 0.3) is 0 Å². The molecule has 0 unspecified atom stereocenters. The lowest BCUT2D eigenvalue weighted by Gasteiger charge is -2.10. The Balaban J connectivity index is 1.96. The highest BCUT2D eigenvalue weighted by atomic mass is 32.1. The Morgan fingerprint density at radius 1 is 1.28 bits per heavy atom. The lowest BCUT2D eigenvalue weighted by Crippen LogP contribution is -2.02. The highest BCUT2D eigenvalue weighted by molar-refractivity contribution is 7.15. The molecule has 7 nitrogen and oxygen atoms in total. The van der Waals surface area contributed by atoms with Crippen LogP contribution in [0.15, 0.2) is 12.3 Å². The fraction of sp³-hybridized carbons (Fsp3) is 0.294. The highest BCUT2D eigenvalue weighted by Crippen LogP contribution is 2.45. The molecule has 4 rings (SSSR count). The quantitative estimate of drug-likeness (QED) is 0.749. The molecule has 0 radical (unpaired) electrons. The lowest BCUT2D eigenvalue weighted by atomic mass is 9.98. The third kappa shape index (κ3) is 2.53. The van der Waals surface area contributed by atoms with Gasteiger partial charge in [0.15, 0.2) is 5.13 Å². The zero-order valence-electron chi connectivity index (χ0n) is 13.9. The smallest absolute Gasteiger partial charge is 0.180 e. The van der Waals surface area contributed by atoms with Gasteiger partial charge in [-0.25, -0.2) is 9.97 Å². The minimum atomic E-state index is 0.201. The van der Waals surface area contributed by atoms with E-state index in [1.54, 1.807) is 6.20 Å². The van der Waals surface area contributed by atoms with Crippen LogP contribution < -0.4 is 11.5 Å². The fourth-order valence-electron chi connectivity index (χ4n) is 3.17. The summed E-state index contributed by atoms with van der Waals surface area (Å²) in [6, 6.07) is 4.06. The molecule has 3 heterocycles. The van der Waals surface area contributed by atoms with Gasteiger partial charge < -0.3 is 11.5 Å². The van der Waals surface area contributed by atoms with E-state index in [1.165, 1.54) is 11.3 Å². The first-order valence-corrected chi connectivity index (χ1v) is 8.77. The SMILES string of the molecule is Cc1sc(N)nc1-c1cc(-c2cnn(C)c2C2CC2)c(C#N)c(N)n1. The second-order valence-electron chi connectivity index (χ2n) is 6.23. The molecule has 0 spiro atoms. The zero-order chi connectivity index (χ0) is 17.7. The summed E-state index contributed by atoms with van der Waals surface area (Å²) >= 11 is 1.41. The molecule has 4 N–H and O–H groups in total.